The van der Waals surface area contributed by atoms with Crippen LogP contribution in [0.25, 0.3) is 0 Å². The third-order valence-electron chi connectivity index (χ3n) is 5.64. The molecule has 1 N–H and O–H groups in total. The van der Waals surface area contributed by atoms with Crippen molar-refractivity contribution in [2.24, 2.45) is 22.9 Å². The van der Waals surface area contributed by atoms with Crippen molar-refractivity contribution in [2.45, 2.75) is 90.9 Å². The van der Waals surface area contributed by atoms with Gasteiger partial charge in [0.05, 0.1) is 0 Å². The predicted octanol–water partition coefficient (Wildman–Crippen LogP) is 5.06. The minimum Gasteiger partial charge on any atom is -0.273 e. The molecule has 2 bridgehead atoms. The maximum atomic E-state index is 11.8. The van der Waals surface area contributed by atoms with Crippen molar-refractivity contribution < 1.29 is 4.79 Å². The average Bonchev–Trinajstić information content (AvgIpc) is 3.14. The number of amides is 1. The summed E-state index contributed by atoms with van der Waals surface area (Å²) in [5.41, 5.74) is 3.93. The van der Waals surface area contributed by atoms with Crippen LogP contribution in [0.3, 0.4) is 0 Å². The minimum absolute atomic E-state index is 0.0936. The molecule has 3 unspecified atom stereocenters. The van der Waals surface area contributed by atoms with E-state index in [0.717, 1.165) is 24.0 Å². The lowest BCUT2D eigenvalue weighted by Crippen LogP contribution is -2.24. The molecule has 0 aromatic rings. The van der Waals surface area contributed by atoms with Gasteiger partial charge in [0.25, 0.3) is 0 Å². The molecule has 2 fully saturated rings. The van der Waals surface area contributed by atoms with E-state index in [-0.39, 0.29) is 5.91 Å². The number of nitrogens with zero attached hydrogens (tertiary/aromatic N) is 1. The zero-order valence-corrected chi connectivity index (χ0v) is 14.6. The molecule has 0 heterocycles. The number of hydrogen-bond donors (Lipinski definition) is 1. The maximum absolute atomic E-state index is 11.8. The minimum atomic E-state index is 0.0936. The highest BCUT2D eigenvalue weighted by atomic mass is 16.2. The van der Waals surface area contributed by atoms with Crippen LogP contribution in [-0.4, -0.2) is 11.6 Å². The average molecular weight is 306 g/mol. The summed E-state index contributed by atoms with van der Waals surface area (Å²) in [6.45, 7) is 4.34. The van der Waals surface area contributed by atoms with Crippen molar-refractivity contribution >= 4 is 11.6 Å². The van der Waals surface area contributed by atoms with E-state index < -0.39 is 0 Å². The van der Waals surface area contributed by atoms with Crippen LogP contribution in [0.5, 0.6) is 0 Å². The Kier molecular flexibility index (Phi) is 7.41. The van der Waals surface area contributed by atoms with Gasteiger partial charge < -0.3 is 0 Å². The summed E-state index contributed by atoms with van der Waals surface area (Å²) in [6, 6.07) is 0. The Morgan fingerprint density at radius 2 is 1.77 bits per heavy atom. The Bertz CT molecular complexity index is 378. The number of hydrazone groups is 1. The van der Waals surface area contributed by atoms with Gasteiger partial charge in [-0.2, -0.15) is 5.10 Å². The summed E-state index contributed by atoms with van der Waals surface area (Å²) in [6.07, 6.45) is 14.8. The van der Waals surface area contributed by atoms with Crippen molar-refractivity contribution in [3.63, 3.8) is 0 Å². The number of fused-ring (bicyclic) bond motifs is 2. The molecule has 0 saturated heterocycles. The number of unbranched alkanes of at least 4 members (excludes halogenated alkanes) is 6. The topological polar surface area (TPSA) is 41.5 Å². The van der Waals surface area contributed by atoms with Gasteiger partial charge >= 0.3 is 0 Å². The van der Waals surface area contributed by atoms with E-state index in [1.54, 1.807) is 0 Å². The summed E-state index contributed by atoms with van der Waals surface area (Å²) in [5, 5.41) is 4.38. The van der Waals surface area contributed by atoms with E-state index in [2.05, 4.69) is 24.4 Å². The van der Waals surface area contributed by atoms with Crippen molar-refractivity contribution in [3.05, 3.63) is 0 Å². The third-order valence-corrected chi connectivity index (χ3v) is 5.64. The van der Waals surface area contributed by atoms with Crippen LogP contribution in [0.4, 0.5) is 0 Å². The second-order valence-electron chi connectivity index (χ2n) is 7.44. The van der Waals surface area contributed by atoms with Crippen LogP contribution in [0, 0.1) is 17.8 Å². The molecule has 3 nitrogen and oxygen atoms in total. The number of hydrogen-bond acceptors (Lipinski definition) is 2. The zero-order valence-electron chi connectivity index (χ0n) is 14.6. The second kappa shape index (κ2) is 9.32. The third kappa shape index (κ3) is 5.40. The highest BCUT2D eigenvalue weighted by Crippen LogP contribution is 2.48. The molecule has 3 atom stereocenters. The molecule has 3 heteroatoms. The number of carbonyl (C=O) groups excluding carboxylic acids is 1. The molecular formula is C19H34N2O. The fourth-order valence-corrected chi connectivity index (χ4v) is 4.29. The largest absolute Gasteiger partial charge is 0.273 e. The smallest absolute Gasteiger partial charge is 0.240 e. The van der Waals surface area contributed by atoms with Gasteiger partial charge in [0.2, 0.25) is 5.91 Å². The molecule has 2 rings (SSSR count). The van der Waals surface area contributed by atoms with Crippen LogP contribution in [0.1, 0.15) is 90.9 Å². The fraction of sp³-hybridized carbons (Fsp3) is 0.895. The van der Waals surface area contributed by atoms with Crippen molar-refractivity contribution in [1.29, 1.82) is 0 Å². The van der Waals surface area contributed by atoms with E-state index in [0.29, 0.717) is 12.3 Å². The monoisotopic (exact) mass is 306 g/mol. The van der Waals surface area contributed by atoms with Crippen LogP contribution in [0.2, 0.25) is 0 Å². The van der Waals surface area contributed by atoms with Gasteiger partial charge in [-0.05, 0) is 44.4 Å². The number of nitrogens with one attached hydrogen (secondary N) is 1. The molecule has 126 valence electrons. The maximum Gasteiger partial charge on any atom is 0.240 e. The van der Waals surface area contributed by atoms with Gasteiger partial charge in [-0.3, -0.25) is 4.79 Å². The molecule has 2 aliphatic rings. The lowest BCUT2D eigenvalue weighted by molar-refractivity contribution is -0.121. The van der Waals surface area contributed by atoms with Crippen molar-refractivity contribution in [1.82, 2.24) is 5.43 Å². The molecule has 0 spiro atoms. The van der Waals surface area contributed by atoms with Crippen LogP contribution >= 0.6 is 0 Å². The molecule has 1 amide bonds. The summed E-state index contributed by atoms with van der Waals surface area (Å²) in [5.74, 6) is 2.51. The molecule has 0 aromatic carbocycles. The van der Waals surface area contributed by atoms with Gasteiger partial charge in [0.1, 0.15) is 0 Å². The first-order valence-electron chi connectivity index (χ1n) is 9.53. The quantitative estimate of drug-likeness (QED) is 0.342. The van der Waals surface area contributed by atoms with E-state index in [9.17, 15) is 4.79 Å². The van der Waals surface area contributed by atoms with Gasteiger partial charge in [0.15, 0.2) is 0 Å². The van der Waals surface area contributed by atoms with Crippen molar-refractivity contribution in [2.75, 3.05) is 0 Å². The SMILES string of the molecule is CCCCCCCCCC(=O)NN=C(C)C1CC2CCC1C2. The Morgan fingerprint density at radius 1 is 1.05 bits per heavy atom. The number of carbonyl (C=O) groups is 1. The Hall–Kier alpha value is -0.860. The van der Waals surface area contributed by atoms with Crippen LogP contribution < -0.4 is 5.43 Å². The molecule has 0 aliphatic heterocycles. The van der Waals surface area contributed by atoms with E-state index in [4.69, 9.17) is 0 Å². The van der Waals surface area contributed by atoms with E-state index in [1.165, 1.54) is 64.2 Å². The van der Waals surface area contributed by atoms with Gasteiger partial charge in [-0.25, -0.2) is 5.43 Å². The summed E-state index contributed by atoms with van der Waals surface area (Å²) < 4.78 is 0. The molecule has 2 aliphatic carbocycles. The summed E-state index contributed by atoms with van der Waals surface area (Å²) in [7, 11) is 0. The van der Waals surface area contributed by atoms with Gasteiger partial charge in [0, 0.05) is 18.1 Å². The molecular weight excluding hydrogens is 272 g/mol. The highest BCUT2D eigenvalue weighted by molar-refractivity contribution is 5.86. The summed E-state index contributed by atoms with van der Waals surface area (Å²) >= 11 is 0. The van der Waals surface area contributed by atoms with Gasteiger partial charge in [-0.15, -0.1) is 0 Å². The van der Waals surface area contributed by atoms with Gasteiger partial charge in [-0.1, -0.05) is 51.9 Å². The van der Waals surface area contributed by atoms with E-state index in [1.807, 2.05) is 0 Å². The zero-order chi connectivity index (χ0) is 15.8. The standard InChI is InChI=1S/C19H34N2O/c1-3-4-5-6-7-8-9-10-19(22)21-20-15(2)18-14-16-11-12-17(18)13-16/h16-18H,3-14H2,1-2H3,(H,21,22). The Balaban J connectivity index is 1.54. The lowest BCUT2D eigenvalue weighted by Gasteiger charge is -2.21. The van der Waals surface area contributed by atoms with Crippen molar-refractivity contribution in [3.8, 4) is 0 Å². The lowest BCUT2D eigenvalue weighted by atomic mass is 9.86. The van der Waals surface area contributed by atoms with E-state index >= 15 is 0 Å². The summed E-state index contributed by atoms with van der Waals surface area (Å²) in [4.78, 5) is 11.8. The normalized spacial score (nSPS) is 27.4. The number of rotatable bonds is 10. The predicted molar refractivity (Wildman–Crippen MR) is 92.8 cm³/mol. The first-order chi connectivity index (χ1) is 10.7. The first-order valence-corrected chi connectivity index (χ1v) is 9.53. The molecule has 22 heavy (non-hydrogen) atoms. The Labute approximate surface area is 136 Å². The first kappa shape index (κ1) is 17.5. The second-order valence-corrected chi connectivity index (χ2v) is 7.44. The van der Waals surface area contributed by atoms with Crippen LogP contribution in [0.15, 0.2) is 5.10 Å². The highest BCUT2D eigenvalue weighted by Gasteiger charge is 2.40. The molecule has 0 aromatic heterocycles. The molecule has 2 saturated carbocycles. The molecule has 0 radical (unpaired) electrons. The van der Waals surface area contributed by atoms with Crippen LogP contribution in [-0.2, 0) is 4.79 Å². The Morgan fingerprint density at radius 3 is 2.41 bits per heavy atom. The fourth-order valence-electron chi connectivity index (χ4n) is 4.29.